The summed E-state index contributed by atoms with van der Waals surface area (Å²) in [5.41, 5.74) is 1.29. The highest BCUT2D eigenvalue weighted by Crippen LogP contribution is 2.32. The fourth-order valence-corrected chi connectivity index (χ4v) is 3.05. The van der Waals surface area contributed by atoms with Gasteiger partial charge in [-0.15, -0.1) is 11.3 Å². The van der Waals surface area contributed by atoms with Crippen molar-refractivity contribution in [3.8, 4) is 11.3 Å². The first-order valence-corrected chi connectivity index (χ1v) is 6.60. The van der Waals surface area contributed by atoms with Crippen molar-refractivity contribution >= 4 is 11.3 Å². The first-order chi connectivity index (χ1) is 8.28. The van der Waals surface area contributed by atoms with Crippen LogP contribution in [-0.4, -0.2) is 23.2 Å². The Morgan fingerprint density at radius 2 is 2.12 bits per heavy atom. The summed E-state index contributed by atoms with van der Waals surface area (Å²) in [6, 6.07) is 10.1. The van der Waals surface area contributed by atoms with Crippen LogP contribution in [0.4, 0.5) is 0 Å². The first-order valence-electron chi connectivity index (χ1n) is 5.72. The molecule has 0 bridgehead atoms. The summed E-state index contributed by atoms with van der Waals surface area (Å²) >= 11 is 1.54. The summed E-state index contributed by atoms with van der Waals surface area (Å²) in [5, 5.41) is 16.4. The smallest absolute Gasteiger partial charge is 0.130 e. The van der Waals surface area contributed by atoms with E-state index in [0.717, 1.165) is 29.2 Å². The van der Waals surface area contributed by atoms with Gasteiger partial charge in [-0.25, -0.2) is 4.98 Å². The third kappa shape index (κ3) is 1.99. The van der Waals surface area contributed by atoms with Crippen molar-refractivity contribution in [1.29, 1.82) is 0 Å². The Bertz CT molecular complexity index is 503. The van der Waals surface area contributed by atoms with Crippen LogP contribution in [0.2, 0.25) is 0 Å². The van der Waals surface area contributed by atoms with Gasteiger partial charge in [0.25, 0.3) is 0 Å². The Hall–Kier alpha value is -1.23. The lowest BCUT2D eigenvalue weighted by atomic mass is 10.1. The predicted octanol–water partition coefficient (Wildman–Crippen LogP) is 1.99. The van der Waals surface area contributed by atoms with Gasteiger partial charge in [0.05, 0.1) is 5.69 Å². The van der Waals surface area contributed by atoms with E-state index in [0.29, 0.717) is 6.54 Å². The molecule has 1 atom stereocenters. The summed E-state index contributed by atoms with van der Waals surface area (Å²) in [6.45, 7) is 1.46. The lowest BCUT2D eigenvalue weighted by Crippen LogP contribution is -2.28. The van der Waals surface area contributed by atoms with Gasteiger partial charge in [0.1, 0.15) is 10.6 Å². The minimum Gasteiger partial charge on any atom is -0.381 e. The van der Waals surface area contributed by atoms with Crippen LogP contribution >= 0.6 is 11.3 Å². The van der Waals surface area contributed by atoms with E-state index in [-0.39, 0.29) is 0 Å². The van der Waals surface area contributed by atoms with Crippen LogP contribution in [0.1, 0.15) is 11.4 Å². The van der Waals surface area contributed by atoms with Crippen LogP contribution < -0.4 is 5.32 Å². The number of rotatable bonds is 2. The van der Waals surface area contributed by atoms with E-state index in [1.165, 1.54) is 11.3 Å². The highest BCUT2D eigenvalue weighted by atomic mass is 32.1. The number of β-amino-alcohol motifs (C(OH)–C–C–N with tert-alkyl or cyclic N) is 1. The summed E-state index contributed by atoms with van der Waals surface area (Å²) in [4.78, 5) is 4.56. The molecule has 1 aromatic heterocycles. The van der Waals surface area contributed by atoms with Gasteiger partial charge >= 0.3 is 0 Å². The van der Waals surface area contributed by atoms with Gasteiger partial charge in [0.2, 0.25) is 0 Å². The van der Waals surface area contributed by atoms with Crippen molar-refractivity contribution in [2.24, 2.45) is 0 Å². The van der Waals surface area contributed by atoms with E-state index in [9.17, 15) is 5.11 Å². The maximum absolute atomic E-state index is 10.4. The van der Waals surface area contributed by atoms with Gasteiger partial charge in [0, 0.05) is 17.5 Å². The van der Waals surface area contributed by atoms with E-state index >= 15 is 0 Å². The molecule has 3 nitrogen and oxygen atoms in total. The zero-order valence-corrected chi connectivity index (χ0v) is 10.2. The number of nitrogens with zero attached hydrogens (tertiary/aromatic N) is 1. The largest absolute Gasteiger partial charge is 0.381 e. The second kappa shape index (κ2) is 4.22. The van der Waals surface area contributed by atoms with Crippen LogP contribution in [0, 0.1) is 0 Å². The van der Waals surface area contributed by atoms with Gasteiger partial charge in [-0.2, -0.15) is 0 Å². The zero-order valence-electron chi connectivity index (χ0n) is 9.39. The molecule has 0 saturated carbocycles. The number of aliphatic hydroxyl groups is 1. The van der Waals surface area contributed by atoms with Gasteiger partial charge < -0.3 is 10.4 Å². The normalized spacial score (nSPS) is 24.1. The first kappa shape index (κ1) is 10.9. The molecule has 0 spiro atoms. The Morgan fingerprint density at radius 3 is 2.82 bits per heavy atom. The summed E-state index contributed by atoms with van der Waals surface area (Å²) < 4.78 is 0. The standard InChI is InChI=1S/C13H14N2OS/c16-13(6-7-14-9-13)12-15-11(8-17-12)10-4-2-1-3-5-10/h1-5,8,14,16H,6-7,9H2. The molecule has 4 heteroatoms. The third-order valence-electron chi connectivity index (χ3n) is 3.10. The molecule has 1 aromatic carbocycles. The minimum absolute atomic E-state index is 0.606. The van der Waals surface area contributed by atoms with Gasteiger partial charge in [-0.05, 0) is 13.0 Å². The molecule has 2 heterocycles. The average molecular weight is 246 g/mol. The quantitative estimate of drug-likeness (QED) is 0.852. The molecule has 1 fully saturated rings. The van der Waals surface area contributed by atoms with Crippen LogP contribution in [0.15, 0.2) is 35.7 Å². The number of benzene rings is 1. The van der Waals surface area contributed by atoms with E-state index in [1.54, 1.807) is 0 Å². The molecule has 0 amide bonds. The van der Waals surface area contributed by atoms with Crippen LogP contribution in [0.25, 0.3) is 11.3 Å². The number of hydrogen-bond donors (Lipinski definition) is 2. The predicted molar refractivity (Wildman–Crippen MR) is 68.9 cm³/mol. The van der Waals surface area contributed by atoms with Crippen molar-refractivity contribution in [2.75, 3.05) is 13.1 Å². The van der Waals surface area contributed by atoms with Gasteiger partial charge in [0.15, 0.2) is 0 Å². The molecule has 2 N–H and O–H groups in total. The maximum atomic E-state index is 10.4. The molecule has 2 aromatic rings. The van der Waals surface area contributed by atoms with E-state index in [4.69, 9.17) is 0 Å². The number of thiazole rings is 1. The summed E-state index contributed by atoms with van der Waals surface area (Å²) in [5.74, 6) is 0. The summed E-state index contributed by atoms with van der Waals surface area (Å²) in [7, 11) is 0. The lowest BCUT2D eigenvalue weighted by molar-refractivity contribution is 0.0585. The van der Waals surface area contributed by atoms with Crippen molar-refractivity contribution in [1.82, 2.24) is 10.3 Å². The molecule has 1 unspecified atom stereocenters. The molecule has 0 aliphatic carbocycles. The Labute approximate surface area is 104 Å². The van der Waals surface area contributed by atoms with E-state index in [2.05, 4.69) is 10.3 Å². The fraction of sp³-hybridized carbons (Fsp3) is 0.308. The molecular weight excluding hydrogens is 232 g/mol. The molecule has 17 heavy (non-hydrogen) atoms. The number of aromatic nitrogens is 1. The monoisotopic (exact) mass is 246 g/mol. The zero-order chi connectivity index (χ0) is 11.7. The minimum atomic E-state index is -0.766. The van der Waals surface area contributed by atoms with Crippen LogP contribution in [0.3, 0.4) is 0 Å². The molecule has 88 valence electrons. The van der Waals surface area contributed by atoms with Gasteiger partial charge in [-0.3, -0.25) is 0 Å². The highest BCUT2D eigenvalue weighted by Gasteiger charge is 2.35. The average Bonchev–Trinajstić information content (AvgIpc) is 2.99. The molecule has 3 rings (SSSR count). The lowest BCUT2D eigenvalue weighted by Gasteiger charge is -2.17. The van der Waals surface area contributed by atoms with Crippen molar-refractivity contribution < 1.29 is 5.11 Å². The van der Waals surface area contributed by atoms with E-state index < -0.39 is 5.60 Å². The van der Waals surface area contributed by atoms with E-state index in [1.807, 2.05) is 35.7 Å². The Balaban J connectivity index is 1.93. The van der Waals surface area contributed by atoms with Crippen LogP contribution in [0.5, 0.6) is 0 Å². The molecule has 1 aliphatic heterocycles. The van der Waals surface area contributed by atoms with Crippen molar-refractivity contribution in [3.05, 3.63) is 40.7 Å². The maximum Gasteiger partial charge on any atom is 0.130 e. The second-order valence-electron chi connectivity index (χ2n) is 4.36. The van der Waals surface area contributed by atoms with Crippen molar-refractivity contribution in [3.63, 3.8) is 0 Å². The molecular formula is C13H14N2OS. The van der Waals surface area contributed by atoms with Crippen LogP contribution in [-0.2, 0) is 5.60 Å². The van der Waals surface area contributed by atoms with Crippen molar-refractivity contribution in [2.45, 2.75) is 12.0 Å². The number of hydrogen-bond acceptors (Lipinski definition) is 4. The Kier molecular flexibility index (Phi) is 2.70. The SMILES string of the molecule is OC1(c2nc(-c3ccccc3)cs2)CCNC1. The number of nitrogens with one attached hydrogen (secondary N) is 1. The topological polar surface area (TPSA) is 45.2 Å². The highest BCUT2D eigenvalue weighted by molar-refractivity contribution is 7.10. The molecule has 0 radical (unpaired) electrons. The fourth-order valence-electron chi connectivity index (χ4n) is 2.09. The Morgan fingerprint density at radius 1 is 1.29 bits per heavy atom. The molecule has 1 aliphatic rings. The van der Waals surface area contributed by atoms with Gasteiger partial charge in [-0.1, -0.05) is 30.3 Å². The molecule has 1 saturated heterocycles. The third-order valence-corrected chi connectivity index (χ3v) is 4.14. The second-order valence-corrected chi connectivity index (χ2v) is 5.22. The summed E-state index contributed by atoms with van der Waals surface area (Å²) in [6.07, 6.45) is 0.745.